The predicted octanol–water partition coefficient (Wildman–Crippen LogP) is 2.23. The van der Waals surface area contributed by atoms with E-state index in [4.69, 9.17) is 5.73 Å². The van der Waals surface area contributed by atoms with E-state index < -0.39 is 0 Å². The predicted molar refractivity (Wildman–Crippen MR) is 62.3 cm³/mol. The zero-order valence-electron chi connectivity index (χ0n) is 10.2. The summed E-state index contributed by atoms with van der Waals surface area (Å²) in [5.41, 5.74) is 5.97. The Morgan fingerprint density at radius 1 is 1.29 bits per heavy atom. The molecule has 2 heteroatoms. The van der Waals surface area contributed by atoms with Gasteiger partial charge in [-0.1, -0.05) is 19.8 Å². The van der Waals surface area contributed by atoms with E-state index in [1.165, 1.54) is 25.7 Å². The minimum absolute atomic E-state index is 0.149. The van der Waals surface area contributed by atoms with Gasteiger partial charge in [0.15, 0.2) is 0 Å². The molecule has 0 radical (unpaired) electrons. The molecule has 0 spiro atoms. The van der Waals surface area contributed by atoms with E-state index in [0.29, 0.717) is 0 Å². The summed E-state index contributed by atoms with van der Waals surface area (Å²) in [7, 11) is 2.24. The average Bonchev–Trinajstić information content (AvgIpc) is 2.17. The van der Waals surface area contributed by atoms with Crippen LogP contribution in [0.1, 0.15) is 46.5 Å². The van der Waals surface area contributed by atoms with Crippen LogP contribution in [0.3, 0.4) is 0 Å². The van der Waals surface area contributed by atoms with Crippen LogP contribution < -0.4 is 5.73 Å². The van der Waals surface area contributed by atoms with Crippen molar-refractivity contribution in [2.45, 2.75) is 58.0 Å². The largest absolute Gasteiger partial charge is 0.329 e. The molecule has 2 N–H and O–H groups in total. The van der Waals surface area contributed by atoms with Gasteiger partial charge in [0.1, 0.15) is 0 Å². The van der Waals surface area contributed by atoms with Crippen molar-refractivity contribution in [2.24, 2.45) is 11.7 Å². The van der Waals surface area contributed by atoms with Crippen LogP contribution in [0.2, 0.25) is 0 Å². The van der Waals surface area contributed by atoms with Gasteiger partial charge < -0.3 is 5.73 Å². The number of rotatable bonds is 3. The van der Waals surface area contributed by atoms with Gasteiger partial charge in [-0.15, -0.1) is 0 Å². The smallest absolute Gasteiger partial charge is 0.0275 e. The van der Waals surface area contributed by atoms with Gasteiger partial charge in [-0.25, -0.2) is 0 Å². The third kappa shape index (κ3) is 2.48. The molecule has 0 aromatic rings. The lowest BCUT2D eigenvalue weighted by molar-refractivity contribution is 0.0532. The van der Waals surface area contributed by atoms with E-state index in [2.05, 4.69) is 32.7 Å². The highest BCUT2D eigenvalue weighted by atomic mass is 15.2. The first-order chi connectivity index (χ1) is 6.49. The Kier molecular flexibility index (Phi) is 3.96. The van der Waals surface area contributed by atoms with Crippen molar-refractivity contribution in [1.82, 2.24) is 4.90 Å². The monoisotopic (exact) mass is 198 g/mol. The third-order valence-corrected chi connectivity index (χ3v) is 4.02. The number of hydrogen-bond acceptors (Lipinski definition) is 2. The van der Waals surface area contributed by atoms with Crippen LogP contribution in [0.4, 0.5) is 0 Å². The summed E-state index contributed by atoms with van der Waals surface area (Å²) in [4.78, 5) is 2.50. The molecule has 14 heavy (non-hydrogen) atoms. The molecular formula is C12H26N2. The molecule has 84 valence electrons. The topological polar surface area (TPSA) is 29.3 Å². The Morgan fingerprint density at radius 3 is 2.36 bits per heavy atom. The van der Waals surface area contributed by atoms with E-state index in [1.807, 2.05) is 0 Å². The molecule has 1 aliphatic carbocycles. The molecule has 2 unspecified atom stereocenters. The van der Waals surface area contributed by atoms with Crippen LogP contribution in [0, 0.1) is 5.92 Å². The second kappa shape index (κ2) is 4.63. The molecule has 0 saturated heterocycles. The van der Waals surface area contributed by atoms with E-state index in [9.17, 15) is 0 Å². The number of hydrogen-bond donors (Lipinski definition) is 1. The molecule has 0 aromatic heterocycles. The molecule has 1 saturated carbocycles. The van der Waals surface area contributed by atoms with Crippen LogP contribution >= 0.6 is 0 Å². The van der Waals surface area contributed by atoms with Crippen LogP contribution in [-0.4, -0.2) is 30.1 Å². The first-order valence-corrected chi connectivity index (χ1v) is 5.92. The lowest BCUT2D eigenvalue weighted by Gasteiger charge is -2.45. The normalized spacial score (nSPS) is 29.6. The fraction of sp³-hybridized carbons (Fsp3) is 1.00. The molecule has 1 aliphatic rings. The van der Waals surface area contributed by atoms with E-state index in [1.54, 1.807) is 0 Å². The fourth-order valence-electron chi connectivity index (χ4n) is 2.46. The molecule has 1 fully saturated rings. The molecular weight excluding hydrogens is 172 g/mol. The Balaban J connectivity index is 2.62. The highest BCUT2D eigenvalue weighted by Crippen LogP contribution is 2.30. The highest BCUT2D eigenvalue weighted by molar-refractivity contribution is 4.89. The summed E-state index contributed by atoms with van der Waals surface area (Å²) in [6, 6.07) is 0.738. The highest BCUT2D eigenvalue weighted by Gasteiger charge is 2.32. The van der Waals surface area contributed by atoms with Crippen molar-refractivity contribution in [1.29, 1.82) is 0 Å². The molecule has 0 heterocycles. The minimum atomic E-state index is 0.149. The third-order valence-electron chi connectivity index (χ3n) is 4.02. The maximum absolute atomic E-state index is 5.82. The zero-order chi connectivity index (χ0) is 10.8. The van der Waals surface area contributed by atoms with Crippen LogP contribution in [0.5, 0.6) is 0 Å². The van der Waals surface area contributed by atoms with Gasteiger partial charge in [-0.05, 0) is 39.7 Å². The standard InChI is InChI=1S/C12H26N2/c1-10-7-5-6-8-11(10)14(4)12(2,3)9-13/h10-11H,5-9,13H2,1-4H3. The van der Waals surface area contributed by atoms with Gasteiger partial charge in [0.2, 0.25) is 0 Å². The Morgan fingerprint density at radius 2 is 1.86 bits per heavy atom. The minimum Gasteiger partial charge on any atom is -0.329 e. The average molecular weight is 198 g/mol. The molecule has 0 amide bonds. The molecule has 0 aromatic carbocycles. The van der Waals surface area contributed by atoms with Crippen LogP contribution in [0.15, 0.2) is 0 Å². The molecule has 2 atom stereocenters. The van der Waals surface area contributed by atoms with Gasteiger partial charge in [-0.2, -0.15) is 0 Å². The van der Waals surface area contributed by atoms with Crippen molar-refractivity contribution in [3.8, 4) is 0 Å². The summed E-state index contributed by atoms with van der Waals surface area (Å²) < 4.78 is 0. The van der Waals surface area contributed by atoms with Crippen molar-refractivity contribution in [3.63, 3.8) is 0 Å². The van der Waals surface area contributed by atoms with Crippen LogP contribution in [0.25, 0.3) is 0 Å². The SMILES string of the molecule is CC1CCCCC1N(C)C(C)(C)CN. The number of nitrogens with two attached hydrogens (primary N) is 1. The fourth-order valence-corrected chi connectivity index (χ4v) is 2.46. The summed E-state index contributed by atoms with van der Waals surface area (Å²) in [5.74, 6) is 0.833. The van der Waals surface area contributed by atoms with Crippen molar-refractivity contribution < 1.29 is 0 Å². The van der Waals surface area contributed by atoms with Gasteiger partial charge in [0, 0.05) is 18.1 Å². The number of likely N-dealkylation sites (N-methyl/N-ethyl adjacent to an activating group) is 1. The van der Waals surface area contributed by atoms with Gasteiger partial charge in [-0.3, -0.25) is 4.90 Å². The van der Waals surface area contributed by atoms with Crippen molar-refractivity contribution in [2.75, 3.05) is 13.6 Å². The molecule has 1 rings (SSSR count). The summed E-state index contributed by atoms with van der Waals surface area (Å²) in [6.07, 6.45) is 5.53. The maximum atomic E-state index is 5.82. The first-order valence-electron chi connectivity index (χ1n) is 5.92. The number of nitrogens with zero attached hydrogens (tertiary/aromatic N) is 1. The lowest BCUT2D eigenvalue weighted by Crippen LogP contribution is -2.54. The Labute approximate surface area is 88.8 Å². The van der Waals surface area contributed by atoms with E-state index in [0.717, 1.165) is 18.5 Å². The lowest BCUT2D eigenvalue weighted by atomic mass is 9.83. The summed E-state index contributed by atoms with van der Waals surface area (Å²) in [5, 5.41) is 0. The zero-order valence-corrected chi connectivity index (χ0v) is 10.2. The Bertz CT molecular complexity index is 177. The molecule has 0 aliphatic heterocycles. The van der Waals surface area contributed by atoms with E-state index in [-0.39, 0.29) is 5.54 Å². The van der Waals surface area contributed by atoms with E-state index >= 15 is 0 Å². The Hall–Kier alpha value is -0.0800. The summed E-state index contributed by atoms with van der Waals surface area (Å²) in [6.45, 7) is 7.61. The molecule has 0 bridgehead atoms. The molecule has 2 nitrogen and oxygen atoms in total. The second-order valence-corrected chi connectivity index (χ2v) is 5.46. The van der Waals surface area contributed by atoms with Gasteiger partial charge in [0.25, 0.3) is 0 Å². The maximum Gasteiger partial charge on any atom is 0.0275 e. The second-order valence-electron chi connectivity index (χ2n) is 5.46. The van der Waals surface area contributed by atoms with Crippen LogP contribution in [-0.2, 0) is 0 Å². The van der Waals surface area contributed by atoms with Gasteiger partial charge in [0.05, 0.1) is 0 Å². The first kappa shape index (κ1) is 12.0. The summed E-state index contributed by atoms with van der Waals surface area (Å²) >= 11 is 0. The van der Waals surface area contributed by atoms with Gasteiger partial charge >= 0.3 is 0 Å². The van der Waals surface area contributed by atoms with Crippen molar-refractivity contribution >= 4 is 0 Å². The quantitative estimate of drug-likeness (QED) is 0.753. The van der Waals surface area contributed by atoms with Crippen molar-refractivity contribution in [3.05, 3.63) is 0 Å².